The van der Waals surface area contributed by atoms with Crippen LogP contribution < -0.4 is 11.1 Å². The van der Waals surface area contributed by atoms with Gasteiger partial charge in [0, 0.05) is 24.0 Å². The number of amides is 1. The fourth-order valence-corrected chi connectivity index (χ4v) is 3.37. The molecular formula is C14H22N4O2S. The minimum atomic E-state index is 0.0195. The van der Waals surface area contributed by atoms with Crippen LogP contribution in [0.15, 0.2) is 11.2 Å². The Balaban J connectivity index is 1.82. The molecule has 2 heterocycles. The van der Waals surface area contributed by atoms with Gasteiger partial charge in [-0.2, -0.15) is 0 Å². The first-order valence-electron chi connectivity index (χ1n) is 7.06. The summed E-state index contributed by atoms with van der Waals surface area (Å²) < 4.78 is 0. The zero-order valence-electron chi connectivity index (χ0n) is 12.4. The van der Waals surface area contributed by atoms with Crippen molar-refractivity contribution in [2.45, 2.75) is 32.7 Å². The van der Waals surface area contributed by atoms with E-state index in [-0.39, 0.29) is 17.8 Å². The standard InChI is InChI=1S/C14H22N4O2S/c1-9-7-12(21-10(9)2)14(19)16-11-3-5-18(6-4-11)8-13(15)17-20/h7,11,20H,3-6,8H2,1-2H3,(H2,15,17)(H,16,19). The smallest absolute Gasteiger partial charge is 0.261 e. The number of carbonyl (C=O) groups excluding carboxylic acids is 1. The van der Waals surface area contributed by atoms with Gasteiger partial charge in [-0.3, -0.25) is 9.69 Å². The number of carbonyl (C=O) groups is 1. The van der Waals surface area contributed by atoms with Crippen molar-refractivity contribution in [2.75, 3.05) is 19.6 Å². The molecule has 1 fully saturated rings. The molecule has 0 aromatic carbocycles. The fraction of sp³-hybridized carbons (Fsp3) is 0.571. The molecule has 1 saturated heterocycles. The van der Waals surface area contributed by atoms with Crippen LogP contribution >= 0.6 is 11.3 Å². The number of rotatable bonds is 4. The van der Waals surface area contributed by atoms with E-state index in [1.54, 1.807) is 11.3 Å². The van der Waals surface area contributed by atoms with E-state index in [1.807, 2.05) is 19.9 Å². The van der Waals surface area contributed by atoms with E-state index in [0.29, 0.717) is 6.54 Å². The van der Waals surface area contributed by atoms with Gasteiger partial charge in [0.2, 0.25) is 0 Å². The zero-order valence-corrected chi connectivity index (χ0v) is 13.2. The lowest BCUT2D eigenvalue weighted by Gasteiger charge is -2.31. The summed E-state index contributed by atoms with van der Waals surface area (Å²) in [6, 6.07) is 2.15. The molecule has 2 rings (SSSR count). The maximum atomic E-state index is 12.2. The molecule has 1 aliphatic rings. The van der Waals surface area contributed by atoms with Crippen LogP contribution in [0.4, 0.5) is 0 Å². The monoisotopic (exact) mass is 310 g/mol. The number of hydrogen-bond donors (Lipinski definition) is 3. The van der Waals surface area contributed by atoms with Crippen LogP contribution in [0.3, 0.4) is 0 Å². The van der Waals surface area contributed by atoms with Gasteiger partial charge in [-0.25, -0.2) is 0 Å². The van der Waals surface area contributed by atoms with Crippen molar-refractivity contribution < 1.29 is 10.0 Å². The van der Waals surface area contributed by atoms with E-state index in [9.17, 15) is 4.79 Å². The minimum absolute atomic E-state index is 0.0195. The lowest BCUT2D eigenvalue weighted by Crippen LogP contribution is -2.46. The van der Waals surface area contributed by atoms with Gasteiger partial charge in [0.25, 0.3) is 5.91 Å². The first-order chi connectivity index (χ1) is 9.99. The first kappa shape index (κ1) is 15.8. The highest BCUT2D eigenvalue weighted by atomic mass is 32.1. The lowest BCUT2D eigenvalue weighted by atomic mass is 10.0. The first-order valence-corrected chi connectivity index (χ1v) is 7.88. The Labute approximate surface area is 128 Å². The summed E-state index contributed by atoms with van der Waals surface area (Å²) in [7, 11) is 0. The molecule has 0 unspecified atom stereocenters. The number of aryl methyl sites for hydroxylation is 2. The molecule has 1 aromatic rings. The number of nitrogens with two attached hydrogens (primary N) is 1. The highest BCUT2D eigenvalue weighted by Crippen LogP contribution is 2.21. The summed E-state index contributed by atoms with van der Waals surface area (Å²) in [4.78, 5) is 16.3. The molecule has 6 nitrogen and oxygen atoms in total. The van der Waals surface area contributed by atoms with Gasteiger partial charge in [-0.15, -0.1) is 11.3 Å². The van der Waals surface area contributed by atoms with Crippen LogP contribution in [-0.4, -0.2) is 47.5 Å². The van der Waals surface area contributed by atoms with Crippen LogP contribution in [0.2, 0.25) is 0 Å². The van der Waals surface area contributed by atoms with Gasteiger partial charge in [0.05, 0.1) is 11.4 Å². The van der Waals surface area contributed by atoms with Gasteiger partial charge < -0.3 is 16.3 Å². The van der Waals surface area contributed by atoms with E-state index < -0.39 is 0 Å². The summed E-state index contributed by atoms with van der Waals surface area (Å²) >= 11 is 1.54. The van der Waals surface area contributed by atoms with Crippen molar-refractivity contribution in [1.82, 2.24) is 10.2 Å². The number of likely N-dealkylation sites (tertiary alicyclic amines) is 1. The van der Waals surface area contributed by atoms with Crippen LogP contribution in [0.25, 0.3) is 0 Å². The number of hydrogen-bond acceptors (Lipinski definition) is 5. The van der Waals surface area contributed by atoms with E-state index in [1.165, 1.54) is 10.4 Å². The van der Waals surface area contributed by atoms with Crippen molar-refractivity contribution in [2.24, 2.45) is 10.9 Å². The summed E-state index contributed by atoms with van der Waals surface area (Å²) in [6.07, 6.45) is 1.77. The Morgan fingerprint density at radius 1 is 1.52 bits per heavy atom. The Morgan fingerprint density at radius 2 is 2.19 bits per heavy atom. The SMILES string of the molecule is Cc1cc(C(=O)NC2CCN(CC(N)=NO)CC2)sc1C. The number of nitrogens with zero attached hydrogens (tertiary/aromatic N) is 2. The average molecular weight is 310 g/mol. The van der Waals surface area contributed by atoms with E-state index >= 15 is 0 Å². The van der Waals surface area contributed by atoms with Crippen LogP contribution in [0, 0.1) is 13.8 Å². The number of thiophene rings is 1. The molecule has 1 amide bonds. The predicted molar refractivity (Wildman–Crippen MR) is 84.1 cm³/mol. The molecule has 1 aliphatic heterocycles. The Hall–Kier alpha value is -1.60. The normalized spacial score (nSPS) is 17.9. The molecule has 0 atom stereocenters. The Morgan fingerprint density at radius 3 is 2.71 bits per heavy atom. The molecule has 21 heavy (non-hydrogen) atoms. The van der Waals surface area contributed by atoms with Crippen molar-refractivity contribution in [3.63, 3.8) is 0 Å². The molecule has 0 saturated carbocycles. The van der Waals surface area contributed by atoms with Crippen LogP contribution in [0.5, 0.6) is 0 Å². The second kappa shape index (κ2) is 6.91. The second-order valence-corrected chi connectivity index (χ2v) is 6.72. The Kier molecular flexibility index (Phi) is 5.19. The van der Waals surface area contributed by atoms with Gasteiger partial charge >= 0.3 is 0 Å². The van der Waals surface area contributed by atoms with Crippen LogP contribution in [-0.2, 0) is 0 Å². The third kappa shape index (κ3) is 4.18. The van der Waals surface area contributed by atoms with Crippen molar-refractivity contribution in [1.29, 1.82) is 0 Å². The fourth-order valence-electron chi connectivity index (χ4n) is 2.44. The molecule has 0 spiro atoms. The van der Waals surface area contributed by atoms with Gasteiger partial charge in [-0.1, -0.05) is 5.16 Å². The highest BCUT2D eigenvalue weighted by molar-refractivity contribution is 7.14. The van der Waals surface area contributed by atoms with Crippen molar-refractivity contribution >= 4 is 23.1 Å². The molecule has 0 radical (unpaired) electrons. The number of amidine groups is 1. The average Bonchev–Trinajstić information content (AvgIpc) is 2.81. The van der Waals surface area contributed by atoms with Gasteiger partial charge in [0.1, 0.15) is 0 Å². The third-order valence-electron chi connectivity index (χ3n) is 3.83. The lowest BCUT2D eigenvalue weighted by molar-refractivity contribution is 0.0918. The molecule has 7 heteroatoms. The predicted octanol–water partition coefficient (Wildman–Crippen LogP) is 1.31. The summed E-state index contributed by atoms with van der Waals surface area (Å²) in [5.41, 5.74) is 6.67. The van der Waals surface area contributed by atoms with Crippen molar-refractivity contribution in [3.05, 3.63) is 21.4 Å². The van der Waals surface area contributed by atoms with Gasteiger partial charge in [-0.05, 0) is 38.3 Å². The third-order valence-corrected chi connectivity index (χ3v) is 4.98. The minimum Gasteiger partial charge on any atom is -0.409 e. The van der Waals surface area contributed by atoms with Gasteiger partial charge in [0.15, 0.2) is 5.84 Å². The summed E-state index contributed by atoms with van der Waals surface area (Å²) in [5.74, 6) is 0.244. The second-order valence-electron chi connectivity index (χ2n) is 5.47. The van der Waals surface area contributed by atoms with Crippen molar-refractivity contribution in [3.8, 4) is 0 Å². The summed E-state index contributed by atoms with van der Waals surface area (Å²) in [5, 5.41) is 14.6. The topological polar surface area (TPSA) is 91.0 Å². The quantitative estimate of drug-likeness (QED) is 0.338. The maximum absolute atomic E-state index is 12.2. The number of nitrogens with one attached hydrogen (secondary N) is 1. The number of piperidine rings is 1. The highest BCUT2D eigenvalue weighted by Gasteiger charge is 2.22. The van der Waals surface area contributed by atoms with Crippen LogP contribution in [0.1, 0.15) is 33.0 Å². The zero-order chi connectivity index (χ0) is 15.4. The molecule has 0 bridgehead atoms. The molecule has 116 valence electrons. The van der Waals surface area contributed by atoms with E-state index in [4.69, 9.17) is 10.9 Å². The largest absolute Gasteiger partial charge is 0.409 e. The van der Waals surface area contributed by atoms with E-state index in [0.717, 1.165) is 30.8 Å². The Bertz CT molecular complexity index is 514. The maximum Gasteiger partial charge on any atom is 0.261 e. The van der Waals surface area contributed by atoms with E-state index in [2.05, 4.69) is 15.4 Å². The molecular weight excluding hydrogens is 288 g/mol. The molecule has 1 aromatic heterocycles. The number of oxime groups is 1. The molecule has 0 aliphatic carbocycles. The summed E-state index contributed by atoms with van der Waals surface area (Å²) in [6.45, 7) is 6.20. The molecule has 4 N–H and O–H groups in total.